The molecule has 0 radical (unpaired) electrons. The van der Waals surface area contributed by atoms with Crippen LogP contribution in [0.1, 0.15) is 25.1 Å². The molecule has 2 atom stereocenters. The van der Waals surface area contributed by atoms with Crippen molar-refractivity contribution in [2.75, 3.05) is 13.6 Å². The Hall–Kier alpha value is -0.430. The molecule has 2 heterocycles. The number of nitrogens with zero attached hydrogens (tertiary/aromatic N) is 1. The Morgan fingerprint density at radius 3 is 2.72 bits per heavy atom. The van der Waals surface area contributed by atoms with Crippen LogP contribution in [0.15, 0.2) is 16.3 Å². The molecule has 102 valence electrons. The SMILES string of the molecule is CNCc1ccc(S(=O)(=O)N2CC(C)CC2C)s1. The quantitative estimate of drug-likeness (QED) is 0.920. The van der Waals surface area contributed by atoms with Crippen molar-refractivity contribution >= 4 is 21.4 Å². The van der Waals surface area contributed by atoms with Crippen LogP contribution in [-0.2, 0) is 16.6 Å². The number of nitrogens with one attached hydrogen (secondary N) is 1. The largest absolute Gasteiger partial charge is 0.315 e. The van der Waals surface area contributed by atoms with Crippen LogP contribution in [0.4, 0.5) is 0 Å². The summed E-state index contributed by atoms with van der Waals surface area (Å²) in [7, 11) is -1.43. The molecule has 1 saturated heterocycles. The van der Waals surface area contributed by atoms with E-state index >= 15 is 0 Å². The second-order valence-corrected chi connectivity index (χ2v) is 8.30. The molecule has 0 aliphatic carbocycles. The molecular weight excluding hydrogens is 268 g/mol. The lowest BCUT2D eigenvalue weighted by molar-refractivity contribution is 0.407. The Bertz CT molecular complexity index is 510. The number of rotatable bonds is 4. The maximum atomic E-state index is 12.5. The van der Waals surface area contributed by atoms with Crippen molar-refractivity contribution < 1.29 is 8.42 Å². The zero-order chi connectivity index (χ0) is 13.3. The summed E-state index contributed by atoms with van der Waals surface area (Å²) in [6.07, 6.45) is 0.952. The zero-order valence-electron chi connectivity index (χ0n) is 11.0. The number of hydrogen-bond donors (Lipinski definition) is 1. The second-order valence-electron chi connectivity index (χ2n) is 5.02. The average molecular weight is 288 g/mol. The number of thiophene rings is 1. The van der Waals surface area contributed by atoms with Gasteiger partial charge in [0.15, 0.2) is 0 Å². The summed E-state index contributed by atoms with van der Waals surface area (Å²) in [5, 5.41) is 3.04. The molecule has 0 aromatic carbocycles. The van der Waals surface area contributed by atoms with Crippen LogP contribution in [-0.4, -0.2) is 32.4 Å². The van der Waals surface area contributed by atoms with Crippen molar-refractivity contribution in [3.05, 3.63) is 17.0 Å². The van der Waals surface area contributed by atoms with Gasteiger partial charge in [-0.1, -0.05) is 6.92 Å². The lowest BCUT2D eigenvalue weighted by Gasteiger charge is -2.19. The Kier molecular flexibility index (Phi) is 4.11. The smallest absolute Gasteiger partial charge is 0.252 e. The third kappa shape index (κ3) is 2.61. The highest BCUT2D eigenvalue weighted by Gasteiger charge is 2.36. The summed E-state index contributed by atoms with van der Waals surface area (Å²) in [5.74, 6) is 0.450. The first kappa shape index (κ1) is 14.0. The van der Waals surface area contributed by atoms with Gasteiger partial charge in [-0.2, -0.15) is 4.31 Å². The molecule has 1 aromatic rings. The maximum absolute atomic E-state index is 12.5. The van der Waals surface area contributed by atoms with E-state index in [1.165, 1.54) is 11.3 Å². The monoisotopic (exact) mass is 288 g/mol. The Morgan fingerprint density at radius 2 is 2.17 bits per heavy atom. The molecule has 0 spiro atoms. The Labute approximate surface area is 113 Å². The normalized spacial score (nSPS) is 25.7. The first-order valence-corrected chi connectivity index (χ1v) is 8.46. The summed E-state index contributed by atoms with van der Waals surface area (Å²) >= 11 is 1.36. The summed E-state index contributed by atoms with van der Waals surface area (Å²) in [5.41, 5.74) is 0. The molecule has 0 bridgehead atoms. The third-order valence-electron chi connectivity index (χ3n) is 3.28. The molecule has 1 aromatic heterocycles. The molecule has 1 aliphatic rings. The van der Waals surface area contributed by atoms with Gasteiger partial charge in [-0.05, 0) is 38.4 Å². The summed E-state index contributed by atoms with van der Waals surface area (Å²) < 4.78 is 27.2. The highest BCUT2D eigenvalue weighted by Crippen LogP contribution is 2.32. The Balaban J connectivity index is 2.24. The van der Waals surface area contributed by atoms with Crippen molar-refractivity contribution in [1.29, 1.82) is 0 Å². The van der Waals surface area contributed by atoms with E-state index in [2.05, 4.69) is 12.2 Å². The minimum atomic E-state index is -3.29. The van der Waals surface area contributed by atoms with Crippen molar-refractivity contribution in [3.8, 4) is 0 Å². The van der Waals surface area contributed by atoms with E-state index in [4.69, 9.17) is 0 Å². The summed E-state index contributed by atoms with van der Waals surface area (Å²) in [6.45, 7) is 5.45. The van der Waals surface area contributed by atoms with Gasteiger partial charge in [-0.25, -0.2) is 8.42 Å². The van der Waals surface area contributed by atoms with Crippen LogP contribution < -0.4 is 5.32 Å². The first-order chi connectivity index (χ1) is 8.45. The van der Waals surface area contributed by atoms with Crippen molar-refractivity contribution in [2.24, 2.45) is 5.92 Å². The average Bonchev–Trinajstić information content (AvgIpc) is 2.86. The van der Waals surface area contributed by atoms with Gasteiger partial charge in [0.2, 0.25) is 0 Å². The Morgan fingerprint density at radius 1 is 1.44 bits per heavy atom. The lowest BCUT2D eigenvalue weighted by Crippen LogP contribution is -2.33. The molecule has 2 unspecified atom stereocenters. The molecule has 1 N–H and O–H groups in total. The van der Waals surface area contributed by atoms with E-state index in [1.807, 2.05) is 20.0 Å². The summed E-state index contributed by atoms with van der Waals surface area (Å²) in [6, 6.07) is 3.72. The predicted octanol–water partition coefficient (Wildman–Crippen LogP) is 1.89. The van der Waals surface area contributed by atoms with E-state index in [1.54, 1.807) is 10.4 Å². The van der Waals surface area contributed by atoms with Gasteiger partial charge < -0.3 is 5.32 Å². The first-order valence-electron chi connectivity index (χ1n) is 6.20. The van der Waals surface area contributed by atoms with E-state index in [0.29, 0.717) is 23.2 Å². The van der Waals surface area contributed by atoms with Crippen LogP contribution >= 0.6 is 11.3 Å². The van der Waals surface area contributed by atoms with Crippen LogP contribution in [0.2, 0.25) is 0 Å². The molecule has 6 heteroatoms. The van der Waals surface area contributed by atoms with Crippen LogP contribution in [0.5, 0.6) is 0 Å². The summed E-state index contributed by atoms with van der Waals surface area (Å²) in [4.78, 5) is 1.05. The third-order valence-corrected chi connectivity index (χ3v) is 6.81. The minimum Gasteiger partial charge on any atom is -0.315 e. The molecular formula is C12H20N2O2S2. The van der Waals surface area contributed by atoms with Crippen LogP contribution in [0.25, 0.3) is 0 Å². The second kappa shape index (κ2) is 5.28. The van der Waals surface area contributed by atoms with Gasteiger partial charge in [-0.15, -0.1) is 11.3 Å². The van der Waals surface area contributed by atoms with Gasteiger partial charge in [0.1, 0.15) is 4.21 Å². The molecule has 0 amide bonds. The van der Waals surface area contributed by atoms with Gasteiger partial charge in [0, 0.05) is 24.0 Å². The van der Waals surface area contributed by atoms with Crippen LogP contribution in [0.3, 0.4) is 0 Å². The van der Waals surface area contributed by atoms with Crippen LogP contribution in [0, 0.1) is 5.92 Å². The topological polar surface area (TPSA) is 49.4 Å². The van der Waals surface area contributed by atoms with Gasteiger partial charge >= 0.3 is 0 Å². The van der Waals surface area contributed by atoms with Crippen molar-refractivity contribution in [3.63, 3.8) is 0 Å². The van der Waals surface area contributed by atoms with Gasteiger partial charge in [0.05, 0.1) is 0 Å². The van der Waals surface area contributed by atoms with Gasteiger partial charge in [0.25, 0.3) is 10.0 Å². The molecule has 4 nitrogen and oxygen atoms in total. The predicted molar refractivity (Wildman–Crippen MR) is 74.2 cm³/mol. The fraction of sp³-hybridized carbons (Fsp3) is 0.667. The van der Waals surface area contributed by atoms with Crippen molar-refractivity contribution in [2.45, 2.75) is 37.1 Å². The van der Waals surface area contributed by atoms with E-state index in [0.717, 1.165) is 11.3 Å². The van der Waals surface area contributed by atoms with E-state index in [-0.39, 0.29) is 6.04 Å². The minimum absolute atomic E-state index is 0.111. The highest BCUT2D eigenvalue weighted by atomic mass is 32.2. The van der Waals surface area contributed by atoms with Crippen molar-refractivity contribution in [1.82, 2.24) is 9.62 Å². The van der Waals surface area contributed by atoms with E-state index < -0.39 is 10.0 Å². The lowest BCUT2D eigenvalue weighted by atomic mass is 10.1. The zero-order valence-corrected chi connectivity index (χ0v) is 12.6. The fourth-order valence-electron chi connectivity index (χ4n) is 2.48. The fourth-order valence-corrected chi connectivity index (χ4v) is 5.74. The maximum Gasteiger partial charge on any atom is 0.252 e. The van der Waals surface area contributed by atoms with E-state index in [9.17, 15) is 8.42 Å². The molecule has 1 fully saturated rings. The molecule has 2 rings (SSSR count). The standard InChI is InChI=1S/C12H20N2O2S2/c1-9-6-10(2)14(8-9)18(15,16)12-5-4-11(17-12)7-13-3/h4-5,9-10,13H,6-8H2,1-3H3. The van der Waals surface area contributed by atoms with Gasteiger partial charge in [-0.3, -0.25) is 0 Å². The highest BCUT2D eigenvalue weighted by molar-refractivity contribution is 7.91. The number of hydrogen-bond acceptors (Lipinski definition) is 4. The molecule has 0 saturated carbocycles. The number of sulfonamides is 1. The molecule has 18 heavy (non-hydrogen) atoms. The molecule has 1 aliphatic heterocycles.